The Labute approximate surface area is 163 Å². The second kappa shape index (κ2) is 8.69. The Morgan fingerprint density at radius 3 is 2.25 bits per heavy atom. The molecule has 1 aliphatic rings. The zero-order valence-corrected chi connectivity index (χ0v) is 16.2. The van der Waals surface area contributed by atoms with Crippen LogP contribution in [0.2, 0.25) is 0 Å². The van der Waals surface area contributed by atoms with Crippen molar-refractivity contribution >= 4 is 23.9 Å². The summed E-state index contributed by atoms with van der Waals surface area (Å²) in [4.78, 5) is 54.3. The van der Waals surface area contributed by atoms with Crippen molar-refractivity contribution in [2.24, 2.45) is 0 Å². The fourth-order valence-electron chi connectivity index (χ4n) is 2.57. The Hall–Kier alpha value is -3.16. The van der Waals surface area contributed by atoms with Crippen LogP contribution >= 0.6 is 0 Å². The van der Waals surface area contributed by atoms with Gasteiger partial charge in [0.1, 0.15) is 11.6 Å². The molecule has 1 atom stereocenters. The third-order valence-electron chi connectivity index (χ3n) is 3.81. The molecule has 0 fully saturated rings. The van der Waals surface area contributed by atoms with Gasteiger partial charge in [0, 0.05) is 0 Å². The molecule has 0 aromatic heterocycles. The van der Waals surface area contributed by atoms with Crippen molar-refractivity contribution in [1.82, 2.24) is 10.4 Å². The molecule has 2 rings (SSSR count). The van der Waals surface area contributed by atoms with Crippen molar-refractivity contribution in [1.29, 1.82) is 0 Å². The molecule has 1 aromatic rings. The molecule has 0 saturated carbocycles. The van der Waals surface area contributed by atoms with E-state index in [9.17, 15) is 19.2 Å². The molecule has 28 heavy (non-hydrogen) atoms. The fraction of sp³-hybridized carbons (Fsp3) is 0.400. The van der Waals surface area contributed by atoms with E-state index >= 15 is 0 Å². The molecule has 8 heteroatoms. The average molecular weight is 388 g/mol. The lowest BCUT2D eigenvalue weighted by molar-refractivity contribution is -0.171. The maximum absolute atomic E-state index is 12.6. The molecule has 1 N–H and O–H groups in total. The molecule has 0 saturated heterocycles. The molecular weight excluding hydrogens is 364 g/mol. The third-order valence-corrected chi connectivity index (χ3v) is 3.81. The maximum Gasteiger partial charge on any atom is 0.408 e. The SMILES string of the molecule is C=CCCCC(NC(=O)OC(C)(C)C)C(=O)ON1C(=O)c2ccccc2C1=O. The minimum Gasteiger partial charge on any atom is -0.444 e. The largest absolute Gasteiger partial charge is 0.444 e. The number of imide groups is 1. The first-order valence-electron chi connectivity index (χ1n) is 8.94. The third kappa shape index (κ3) is 5.18. The van der Waals surface area contributed by atoms with Gasteiger partial charge in [-0.3, -0.25) is 9.59 Å². The number of alkyl carbamates (subject to hydrolysis) is 1. The van der Waals surface area contributed by atoms with Gasteiger partial charge in [-0.25, -0.2) is 9.59 Å². The van der Waals surface area contributed by atoms with Crippen LogP contribution in [0.4, 0.5) is 4.79 Å². The number of fused-ring (bicyclic) bond motifs is 1. The van der Waals surface area contributed by atoms with Gasteiger partial charge in [0.25, 0.3) is 11.8 Å². The molecule has 0 spiro atoms. The van der Waals surface area contributed by atoms with Crippen LogP contribution in [0.1, 0.15) is 60.7 Å². The van der Waals surface area contributed by atoms with Gasteiger partial charge in [0.05, 0.1) is 11.1 Å². The Morgan fingerprint density at radius 1 is 1.18 bits per heavy atom. The normalized spacial score (nSPS) is 14.3. The number of unbranched alkanes of at least 4 members (excludes halogenated alkanes) is 1. The number of amides is 3. The highest BCUT2D eigenvalue weighted by Crippen LogP contribution is 2.23. The van der Waals surface area contributed by atoms with E-state index in [-0.39, 0.29) is 17.5 Å². The van der Waals surface area contributed by atoms with Crippen LogP contribution in [0, 0.1) is 0 Å². The maximum atomic E-state index is 12.6. The minimum absolute atomic E-state index is 0.156. The van der Waals surface area contributed by atoms with Crippen LogP contribution in [0.5, 0.6) is 0 Å². The molecule has 3 amide bonds. The summed E-state index contributed by atoms with van der Waals surface area (Å²) in [5.41, 5.74) is -0.436. The lowest BCUT2D eigenvalue weighted by Gasteiger charge is -2.23. The summed E-state index contributed by atoms with van der Waals surface area (Å²) in [7, 11) is 0. The van der Waals surface area contributed by atoms with E-state index in [1.807, 2.05) is 0 Å². The Bertz CT molecular complexity index is 761. The lowest BCUT2D eigenvalue weighted by Crippen LogP contribution is -2.47. The van der Waals surface area contributed by atoms with Crippen LogP contribution in [-0.4, -0.2) is 40.6 Å². The fourth-order valence-corrected chi connectivity index (χ4v) is 2.57. The van der Waals surface area contributed by atoms with Crippen molar-refractivity contribution in [3.05, 3.63) is 48.0 Å². The summed E-state index contributed by atoms with van der Waals surface area (Å²) in [5.74, 6) is -2.38. The standard InChI is InChI=1S/C20H24N2O6/c1-5-6-7-12-15(21-19(26)27-20(2,3)4)18(25)28-22-16(23)13-10-8-9-11-14(13)17(22)24/h5,8-11,15H,1,6-7,12H2,2-4H3,(H,21,26). The minimum atomic E-state index is -1.08. The van der Waals surface area contributed by atoms with Crippen LogP contribution in [0.3, 0.4) is 0 Å². The molecule has 0 bridgehead atoms. The quantitative estimate of drug-likeness (QED) is 0.438. The van der Waals surface area contributed by atoms with Crippen molar-refractivity contribution < 1.29 is 28.8 Å². The number of allylic oxidation sites excluding steroid dienone is 1. The molecule has 0 radical (unpaired) electrons. The number of benzene rings is 1. The number of hydrogen-bond acceptors (Lipinski definition) is 6. The van der Waals surface area contributed by atoms with Crippen molar-refractivity contribution in [3.63, 3.8) is 0 Å². The van der Waals surface area contributed by atoms with Crippen LogP contribution in [0.25, 0.3) is 0 Å². The first-order chi connectivity index (χ1) is 13.1. The summed E-state index contributed by atoms with van der Waals surface area (Å²) in [6.45, 7) is 8.68. The first kappa shape index (κ1) is 21.1. The van der Waals surface area contributed by atoms with Gasteiger partial charge >= 0.3 is 12.1 Å². The summed E-state index contributed by atoms with van der Waals surface area (Å²) in [6.07, 6.45) is 2.27. The molecule has 0 aliphatic carbocycles. The lowest BCUT2D eigenvalue weighted by atomic mass is 10.1. The van der Waals surface area contributed by atoms with Gasteiger partial charge in [0.15, 0.2) is 0 Å². The second-order valence-corrected chi connectivity index (χ2v) is 7.28. The summed E-state index contributed by atoms with van der Waals surface area (Å²) in [5, 5.41) is 2.86. The van der Waals surface area contributed by atoms with Crippen LogP contribution in [0.15, 0.2) is 36.9 Å². The van der Waals surface area contributed by atoms with E-state index in [2.05, 4.69) is 11.9 Å². The monoisotopic (exact) mass is 388 g/mol. The summed E-state index contributed by atoms with van der Waals surface area (Å²) in [6, 6.07) is 5.09. The number of carbonyl (C=O) groups excluding carboxylic acids is 4. The molecule has 8 nitrogen and oxygen atoms in total. The van der Waals surface area contributed by atoms with E-state index < -0.39 is 35.5 Å². The second-order valence-electron chi connectivity index (χ2n) is 7.28. The molecule has 1 aromatic carbocycles. The summed E-state index contributed by atoms with van der Waals surface area (Å²) < 4.78 is 5.16. The predicted molar refractivity (Wildman–Crippen MR) is 100 cm³/mol. The highest BCUT2D eigenvalue weighted by atomic mass is 16.7. The number of ether oxygens (including phenoxy) is 1. The highest BCUT2D eigenvalue weighted by molar-refractivity contribution is 6.20. The zero-order valence-electron chi connectivity index (χ0n) is 16.2. The van der Waals surface area contributed by atoms with Gasteiger partial charge in [-0.1, -0.05) is 23.3 Å². The number of rotatable bonds is 7. The number of nitrogens with one attached hydrogen (secondary N) is 1. The molecule has 1 unspecified atom stereocenters. The van der Waals surface area contributed by atoms with Crippen molar-refractivity contribution in [2.75, 3.05) is 0 Å². The number of hydrogen-bond donors (Lipinski definition) is 1. The smallest absolute Gasteiger partial charge is 0.408 e. The topological polar surface area (TPSA) is 102 Å². The van der Waals surface area contributed by atoms with Crippen molar-refractivity contribution in [2.45, 2.75) is 51.7 Å². The molecule has 150 valence electrons. The Balaban J connectivity index is 2.09. The zero-order chi connectivity index (χ0) is 20.9. The van der Waals surface area contributed by atoms with E-state index in [0.717, 1.165) is 0 Å². The van der Waals surface area contributed by atoms with E-state index in [0.29, 0.717) is 17.9 Å². The predicted octanol–water partition coefficient (Wildman–Crippen LogP) is 2.99. The van der Waals surface area contributed by atoms with Crippen LogP contribution < -0.4 is 5.32 Å². The highest BCUT2D eigenvalue weighted by Gasteiger charge is 2.40. The Morgan fingerprint density at radius 2 is 1.75 bits per heavy atom. The van der Waals surface area contributed by atoms with Crippen molar-refractivity contribution in [3.8, 4) is 0 Å². The van der Waals surface area contributed by atoms with Gasteiger partial charge in [-0.2, -0.15) is 0 Å². The summed E-state index contributed by atoms with van der Waals surface area (Å²) >= 11 is 0. The Kier molecular flexibility index (Phi) is 6.56. The number of carbonyl (C=O) groups is 4. The van der Waals surface area contributed by atoms with E-state index in [1.165, 1.54) is 12.1 Å². The van der Waals surface area contributed by atoms with E-state index in [4.69, 9.17) is 9.57 Å². The van der Waals surface area contributed by atoms with E-state index in [1.54, 1.807) is 39.0 Å². The van der Waals surface area contributed by atoms with Gasteiger partial charge in [0.2, 0.25) is 0 Å². The van der Waals surface area contributed by atoms with Gasteiger partial charge in [-0.15, -0.1) is 6.58 Å². The molecule has 1 aliphatic heterocycles. The molecule has 1 heterocycles. The van der Waals surface area contributed by atoms with Crippen LogP contribution in [-0.2, 0) is 14.4 Å². The number of nitrogens with zero attached hydrogens (tertiary/aromatic N) is 1. The number of hydroxylamine groups is 2. The van der Waals surface area contributed by atoms with Gasteiger partial charge in [-0.05, 0) is 52.2 Å². The van der Waals surface area contributed by atoms with Gasteiger partial charge < -0.3 is 14.9 Å². The average Bonchev–Trinajstić information content (AvgIpc) is 2.85. The molecular formula is C20H24N2O6. The first-order valence-corrected chi connectivity index (χ1v) is 8.94.